The van der Waals surface area contributed by atoms with Crippen LogP contribution < -0.4 is 5.32 Å². The fraction of sp³-hybridized carbons (Fsp3) is 0. The van der Waals surface area contributed by atoms with Crippen LogP contribution in [0.4, 0.5) is 5.69 Å². The summed E-state index contributed by atoms with van der Waals surface area (Å²) in [6.07, 6.45) is 1.22. The van der Waals surface area contributed by atoms with E-state index < -0.39 is 17.4 Å². The Hall–Kier alpha value is -2.81. The lowest BCUT2D eigenvalue weighted by Gasteiger charge is -2.08. The Morgan fingerprint density at radius 2 is 1.92 bits per heavy atom. The van der Waals surface area contributed by atoms with Crippen molar-refractivity contribution in [2.24, 2.45) is 0 Å². The first-order valence-corrected chi connectivity index (χ1v) is 7.38. The second-order valence-electron chi connectivity index (χ2n) is 4.68. The van der Waals surface area contributed by atoms with Crippen LogP contribution in [-0.2, 0) is 4.79 Å². The number of carboxylic acid groups (broad SMARTS) is 1. The number of benzene rings is 2. The SMILES string of the molecule is N#C/C(=C\c1cccc(NC(=O)c2ccc(Cl)cc2Cl)c1)C(=O)O. The minimum atomic E-state index is -1.32. The van der Waals surface area contributed by atoms with E-state index in [0.29, 0.717) is 16.3 Å². The third-order valence-electron chi connectivity index (χ3n) is 2.98. The molecule has 0 saturated carbocycles. The number of carboxylic acids is 1. The number of hydrogen-bond donors (Lipinski definition) is 2. The zero-order valence-electron chi connectivity index (χ0n) is 12.1. The Bertz CT molecular complexity index is 886. The highest BCUT2D eigenvalue weighted by Crippen LogP contribution is 2.22. The van der Waals surface area contributed by atoms with Gasteiger partial charge in [0.05, 0.1) is 10.6 Å². The van der Waals surface area contributed by atoms with Crippen LogP contribution >= 0.6 is 23.2 Å². The lowest BCUT2D eigenvalue weighted by Crippen LogP contribution is -2.12. The van der Waals surface area contributed by atoms with Gasteiger partial charge in [-0.05, 0) is 42.0 Å². The summed E-state index contributed by atoms with van der Waals surface area (Å²) in [5, 5.41) is 20.9. The summed E-state index contributed by atoms with van der Waals surface area (Å²) in [6, 6.07) is 12.5. The number of hydrogen-bond acceptors (Lipinski definition) is 3. The molecule has 0 heterocycles. The topological polar surface area (TPSA) is 90.2 Å². The Labute approximate surface area is 147 Å². The number of nitriles is 1. The van der Waals surface area contributed by atoms with Gasteiger partial charge in [-0.15, -0.1) is 0 Å². The minimum absolute atomic E-state index is 0.216. The van der Waals surface area contributed by atoms with Crippen molar-refractivity contribution in [3.8, 4) is 6.07 Å². The molecule has 2 aromatic rings. The molecule has 2 N–H and O–H groups in total. The number of carbonyl (C=O) groups excluding carboxylic acids is 1. The molecule has 0 unspecified atom stereocenters. The van der Waals surface area contributed by atoms with Gasteiger partial charge in [-0.2, -0.15) is 5.26 Å². The molecular formula is C17H10Cl2N2O3. The Morgan fingerprint density at radius 3 is 2.54 bits per heavy atom. The lowest BCUT2D eigenvalue weighted by atomic mass is 10.1. The number of anilines is 1. The number of rotatable bonds is 4. The molecule has 5 nitrogen and oxygen atoms in total. The van der Waals surface area contributed by atoms with E-state index in [1.54, 1.807) is 36.4 Å². The van der Waals surface area contributed by atoms with Crippen molar-refractivity contribution in [2.75, 3.05) is 5.32 Å². The number of halogens is 2. The molecule has 0 spiro atoms. The molecule has 0 bridgehead atoms. The molecule has 2 rings (SSSR count). The van der Waals surface area contributed by atoms with Gasteiger partial charge >= 0.3 is 5.97 Å². The predicted octanol–water partition coefficient (Wildman–Crippen LogP) is 4.24. The van der Waals surface area contributed by atoms with Crippen LogP contribution in [0.25, 0.3) is 6.08 Å². The molecule has 0 atom stereocenters. The van der Waals surface area contributed by atoms with Crippen LogP contribution in [0.5, 0.6) is 0 Å². The second kappa shape index (κ2) is 7.64. The van der Waals surface area contributed by atoms with E-state index in [-0.39, 0.29) is 10.6 Å². The van der Waals surface area contributed by atoms with Crippen molar-refractivity contribution in [3.05, 3.63) is 69.2 Å². The van der Waals surface area contributed by atoms with E-state index in [1.165, 1.54) is 18.2 Å². The van der Waals surface area contributed by atoms with Crippen molar-refractivity contribution in [3.63, 3.8) is 0 Å². The van der Waals surface area contributed by atoms with Crippen molar-refractivity contribution in [1.29, 1.82) is 5.26 Å². The first-order valence-electron chi connectivity index (χ1n) is 6.62. The summed E-state index contributed by atoms with van der Waals surface area (Å²) in [5.41, 5.74) is 0.751. The molecule has 0 aromatic heterocycles. The summed E-state index contributed by atoms with van der Waals surface area (Å²) >= 11 is 11.8. The highest BCUT2D eigenvalue weighted by atomic mass is 35.5. The van der Waals surface area contributed by atoms with E-state index >= 15 is 0 Å². The molecule has 24 heavy (non-hydrogen) atoms. The third kappa shape index (κ3) is 4.35. The Kier molecular flexibility index (Phi) is 5.59. The largest absolute Gasteiger partial charge is 0.477 e. The maximum atomic E-state index is 12.2. The second-order valence-corrected chi connectivity index (χ2v) is 5.52. The van der Waals surface area contributed by atoms with Crippen LogP contribution in [0.2, 0.25) is 10.0 Å². The van der Waals surface area contributed by atoms with Crippen LogP contribution in [-0.4, -0.2) is 17.0 Å². The van der Waals surface area contributed by atoms with Gasteiger partial charge in [0.25, 0.3) is 5.91 Å². The number of aliphatic carboxylic acids is 1. The smallest absolute Gasteiger partial charge is 0.346 e. The lowest BCUT2D eigenvalue weighted by molar-refractivity contribution is -0.132. The number of amides is 1. The van der Waals surface area contributed by atoms with E-state index in [2.05, 4.69) is 5.32 Å². The summed E-state index contributed by atoms with van der Waals surface area (Å²) in [7, 11) is 0. The van der Waals surface area contributed by atoms with Crippen molar-refractivity contribution >= 4 is 46.8 Å². The summed E-state index contributed by atoms with van der Waals surface area (Å²) in [5.74, 6) is -1.75. The molecule has 2 aromatic carbocycles. The first-order chi connectivity index (χ1) is 11.4. The van der Waals surface area contributed by atoms with Crippen LogP contribution in [0.3, 0.4) is 0 Å². The van der Waals surface area contributed by atoms with Gasteiger partial charge in [0.2, 0.25) is 0 Å². The van der Waals surface area contributed by atoms with Gasteiger partial charge in [-0.1, -0.05) is 35.3 Å². The summed E-state index contributed by atoms with van der Waals surface area (Å²) in [6.45, 7) is 0. The van der Waals surface area contributed by atoms with Crippen LogP contribution in [0.15, 0.2) is 48.0 Å². The maximum Gasteiger partial charge on any atom is 0.346 e. The van der Waals surface area contributed by atoms with Crippen molar-refractivity contribution in [2.45, 2.75) is 0 Å². The van der Waals surface area contributed by atoms with E-state index in [9.17, 15) is 9.59 Å². The quantitative estimate of drug-likeness (QED) is 0.630. The molecule has 7 heteroatoms. The molecule has 0 aliphatic rings. The van der Waals surface area contributed by atoms with Crippen LogP contribution in [0, 0.1) is 11.3 Å². The summed E-state index contributed by atoms with van der Waals surface area (Å²) < 4.78 is 0. The zero-order valence-corrected chi connectivity index (χ0v) is 13.6. The summed E-state index contributed by atoms with van der Waals surface area (Å²) in [4.78, 5) is 23.1. The molecular weight excluding hydrogens is 351 g/mol. The Balaban J connectivity index is 2.25. The average Bonchev–Trinajstić information content (AvgIpc) is 2.52. The maximum absolute atomic E-state index is 12.2. The van der Waals surface area contributed by atoms with Crippen molar-refractivity contribution < 1.29 is 14.7 Å². The van der Waals surface area contributed by atoms with Gasteiger partial charge in [-0.25, -0.2) is 4.79 Å². The normalized spacial score (nSPS) is 10.8. The van der Waals surface area contributed by atoms with Crippen molar-refractivity contribution in [1.82, 2.24) is 0 Å². The Morgan fingerprint density at radius 1 is 1.17 bits per heavy atom. The standard InChI is InChI=1S/C17H10Cl2N2O3/c18-12-4-5-14(15(19)8-12)16(22)21-13-3-1-2-10(7-13)6-11(9-20)17(23)24/h1-8H,(H,21,22)(H,23,24)/b11-6+. The fourth-order valence-electron chi connectivity index (χ4n) is 1.89. The zero-order chi connectivity index (χ0) is 17.7. The average molecular weight is 361 g/mol. The number of nitrogens with one attached hydrogen (secondary N) is 1. The molecule has 0 saturated heterocycles. The monoisotopic (exact) mass is 360 g/mol. The van der Waals surface area contributed by atoms with Gasteiger partial charge in [0.1, 0.15) is 11.6 Å². The van der Waals surface area contributed by atoms with Gasteiger partial charge < -0.3 is 10.4 Å². The van der Waals surface area contributed by atoms with Gasteiger partial charge in [0, 0.05) is 10.7 Å². The van der Waals surface area contributed by atoms with Gasteiger partial charge in [-0.3, -0.25) is 4.79 Å². The highest BCUT2D eigenvalue weighted by molar-refractivity contribution is 6.37. The van der Waals surface area contributed by atoms with Gasteiger partial charge in [0.15, 0.2) is 0 Å². The van der Waals surface area contributed by atoms with E-state index in [1.807, 2.05) is 0 Å². The third-order valence-corrected chi connectivity index (χ3v) is 3.53. The molecule has 0 fully saturated rings. The van der Waals surface area contributed by atoms with Crippen LogP contribution in [0.1, 0.15) is 15.9 Å². The predicted molar refractivity (Wildman–Crippen MR) is 92.1 cm³/mol. The first kappa shape index (κ1) is 17.5. The van der Waals surface area contributed by atoms with E-state index in [4.69, 9.17) is 33.6 Å². The van der Waals surface area contributed by atoms with E-state index in [0.717, 1.165) is 0 Å². The molecule has 120 valence electrons. The molecule has 0 aliphatic carbocycles. The molecule has 1 amide bonds. The number of nitrogens with zero attached hydrogens (tertiary/aromatic N) is 1. The highest BCUT2D eigenvalue weighted by Gasteiger charge is 2.11. The molecule has 0 radical (unpaired) electrons. The minimum Gasteiger partial charge on any atom is -0.477 e. The molecule has 0 aliphatic heterocycles. The number of carbonyl (C=O) groups is 2. The fourth-order valence-corrected chi connectivity index (χ4v) is 2.38.